The van der Waals surface area contributed by atoms with Crippen molar-refractivity contribution in [3.63, 3.8) is 0 Å². The summed E-state index contributed by atoms with van der Waals surface area (Å²) in [5.41, 5.74) is 1.94. The number of anilines is 1. The molecule has 4 atom stereocenters. The highest BCUT2D eigenvalue weighted by Crippen LogP contribution is 2.45. The Morgan fingerprint density at radius 1 is 0.872 bits per heavy atom. The van der Waals surface area contributed by atoms with E-state index in [0.717, 1.165) is 18.6 Å². The van der Waals surface area contributed by atoms with Crippen LogP contribution in [0.2, 0.25) is 0 Å². The standard InChI is InChI=1S/C31H27ClFNO5/c32-17-16-27(28(35)20-6-11-23(33)12-7-20)39-31(38)21-8-13-24(14-9-21)34-29(36)25-15-10-22(18-26(25)30(34)37)19-4-2-1-3-5-19/h1-9,11-14,22,25-27H,10,15-18H2. The monoisotopic (exact) mass is 547 g/mol. The van der Waals surface area contributed by atoms with Gasteiger partial charge in [-0.25, -0.2) is 9.18 Å². The van der Waals surface area contributed by atoms with E-state index in [2.05, 4.69) is 12.1 Å². The van der Waals surface area contributed by atoms with Crippen LogP contribution in [-0.4, -0.2) is 35.6 Å². The second-order valence-corrected chi connectivity index (χ2v) is 10.3. The SMILES string of the molecule is O=C(OC(CCCl)C(=O)c1ccc(F)cc1)c1ccc(N2C(=O)C3CCC(c4ccccc4)CC3C2=O)cc1. The maximum atomic E-state index is 13.3. The van der Waals surface area contributed by atoms with E-state index in [1.165, 1.54) is 46.9 Å². The number of alkyl halides is 1. The van der Waals surface area contributed by atoms with Crippen molar-refractivity contribution in [3.8, 4) is 0 Å². The second kappa shape index (κ2) is 11.5. The molecule has 3 aromatic carbocycles. The molecule has 2 fully saturated rings. The molecule has 0 N–H and O–H groups in total. The molecule has 0 bridgehead atoms. The number of rotatable bonds is 8. The molecule has 8 heteroatoms. The van der Waals surface area contributed by atoms with Gasteiger partial charge in [-0.15, -0.1) is 11.6 Å². The number of amides is 2. The van der Waals surface area contributed by atoms with Crippen LogP contribution in [0.1, 0.15) is 57.9 Å². The number of nitrogens with zero attached hydrogens (tertiary/aromatic N) is 1. The van der Waals surface area contributed by atoms with Gasteiger partial charge >= 0.3 is 5.97 Å². The Bertz CT molecular complexity index is 1380. The zero-order valence-electron chi connectivity index (χ0n) is 21.1. The van der Waals surface area contributed by atoms with Crippen molar-refractivity contribution < 1.29 is 28.3 Å². The predicted molar refractivity (Wildman–Crippen MR) is 144 cm³/mol. The third-order valence-electron chi connectivity index (χ3n) is 7.60. The van der Waals surface area contributed by atoms with E-state index in [0.29, 0.717) is 18.5 Å². The Kier molecular flexibility index (Phi) is 7.89. The Morgan fingerprint density at radius 3 is 2.18 bits per heavy atom. The molecule has 0 spiro atoms. The number of halogens is 2. The summed E-state index contributed by atoms with van der Waals surface area (Å²) in [5.74, 6) is -2.52. The lowest BCUT2D eigenvalue weighted by Gasteiger charge is -2.28. The number of carbonyl (C=O) groups is 4. The van der Waals surface area contributed by atoms with Gasteiger partial charge < -0.3 is 4.74 Å². The molecule has 1 aliphatic heterocycles. The Balaban J connectivity index is 1.27. The summed E-state index contributed by atoms with van der Waals surface area (Å²) in [5, 5.41) is 0. The summed E-state index contributed by atoms with van der Waals surface area (Å²) in [6.07, 6.45) is 1.08. The summed E-state index contributed by atoms with van der Waals surface area (Å²) in [7, 11) is 0. The van der Waals surface area contributed by atoms with Crippen LogP contribution in [0.15, 0.2) is 78.9 Å². The summed E-state index contributed by atoms with van der Waals surface area (Å²) in [6.45, 7) is 0. The molecule has 1 aliphatic carbocycles. The lowest BCUT2D eigenvalue weighted by molar-refractivity contribution is -0.122. The van der Waals surface area contributed by atoms with Crippen molar-refractivity contribution in [2.24, 2.45) is 11.8 Å². The van der Waals surface area contributed by atoms with Crippen LogP contribution in [0.3, 0.4) is 0 Å². The van der Waals surface area contributed by atoms with Crippen molar-refractivity contribution >= 4 is 40.9 Å². The van der Waals surface area contributed by atoms with Crippen LogP contribution >= 0.6 is 11.6 Å². The molecule has 0 aromatic heterocycles. The van der Waals surface area contributed by atoms with Gasteiger partial charge in [0.05, 0.1) is 23.1 Å². The van der Waals surface area contributed by atoms with Crippen LogP contribution in [0.5, 0.6) is 0 Å². The Hall–Kier alpha value is -3.84. The van der Waals surface area contributed by atoms with Crippen molar-refractivity contribution in [2.75, 3.05) is 10.8 Å². The molecule has 0 radical (unpaired) electrons. The number of carbonyl (C=O) groups excluding carboxylic acids is 4. The lowest BCUT2D eigenvalue weighted by atomic mass is 9.73. The average Bonchev–Trinajstić information content (AvgIpc) is 3.22. The highest BCUT2D eigenvalue weighted by molar-refractivity contribution is 6.22. The van der Waals surface area contributed by atoms with E-state index in [4.69, 9.17) is 16.3 Å². The molecular formula is C31H27ClFNO5. The number of hydrogen-bond acceptors (Lipinski definition) is 5. The maximum Gasteiger partial charge on any atom is 0.338 e. The van der Waals surface area contributed by atoms with Crippen LogP contribution in [0.4, 0.5) is 10.1 Å². The molecule has 3 aromatic rings. The highest BCUT2D eigenvalue weighted by Gasteiger charge is 2.50. The highest BCUT2D eigenvalue weighted by atomic mass is 35.5. The third kappa shape index (κ3) is 5.50. The van der Waals surface area contributed by atoms with Gasteiger partial charge in [-0.1, -0.05) is 30.3 Å². The lowest BCUT2D eigenvalue weighted by Crippen LogP contribution is -2.31. The topological polar surface area (TPSA) is 80.8 Å². The van der Waals surface area contributed by atoms with Gasteiger partial charge in [0.25, 0.3) is 0 Å². The van der Waals surface area contributed by atoms with Crippen LogP contribution < -0.4 is 4.90 Å². The number of fused-ring (bicyclic) bond motifs is 1. The van der Waals surface area contributed by atoms with Gasteiger partial charge in [-0.3, -0.25) is 19.3 Å². The maximum absolute atomic E-state index is 13.3. The molecule has 6 nitrogen and oxygen atoms in total. The number of Topliss-reactive ketones (excluding diaryl/α,β-unsaturated/α-hetero) is 1. The Morgan fingerprint density at radius 2 is 1.51 bits per heavy atom. The van der Waals surface area contributed by atoms with Gasteiger partial charge in [-0.05, 0) is 79.3 Å². The first-order valence-electron chi connectivity index (χ1n) is 13.0. The van der Waals surface area contributed by atoms with E-state index < -0.39 is 23.7 Å². The molecule has 1 saturated heterocycles. The second-order valence-electron chi connectivity index (χ2n) is 9.94. The van der Waals surface area contributed by atoms with Gasteiger partial charge in [-0.2, -0.15) is 0 Å². The first-order chi connectivity index (χ1) is 18.9. The average molecular weight is 548 g/mol. The third-order valence-corrected chi connectivity index (χ3v) is 7.82. The number of esters is 1. The zero-order chi connectivity index (χ0) is 27.5. The molecular weight excluding hydrogens is 521 g/mol. The van der Waals surface area contributed by atoms with Crippen molar-refractivity contribution in [2.45, 2.75) is 37.7 Å². The molecule has 39 heavy (non-hydrogen) atoms. The number of hydrogen-bond donors (Lipinski definition) is 0. The van der Waals surface area contributed by atoms with Crippen molar-refractivity contribution in [3.05, 3.63) is 101 Å². The summed E-state index contributed by atoms with van der Waals surface area (Å²) >= 11 is 5.83. The minimum atomic E-state index is -1.14. The first kappa shape index (κ1) is 26.8. The fourth-order valence-electron chi connectivity index (χ4n) is 5.55. The molecule has 200 valence electrons. The minimum absolute atomic E-state index is 0.0798. The number of imide groups is 1. The quantitative estimate of drug-likeness (QED) is 0.151. The van der Waals surface area contributed by atoms with E-state index >= 15 is 0 Å². The smallest absolute Gasteiger partial charge is 0.338 e. The fraction of sp³-hybridized carbons (Fsp3) is 0.290. The van der Waals surface area contributed by atoms with Gasteiger partial charge in [0.1, 0.15) is 5.82 Å². The van der Waals surface area contributed by atoms with Gasteiger partial charge in [0, 0.05) is 17.9 Å². The zero-order valence-corrected chi connectivity index (χ0v) is 21.9. The largest absolute Gasteiger partial charge is 0.450 e. The van der Waals surface area contributed by atoms with E-state index in [1.807, 2.05) is 18.2 Å². The number of ether oxygens (including phenoxy) is 1. The molecule has 5 rings (SSSR count). The molecule has 2 amide bonds. The van der Waals surface area contributed by atoms with E-state index in [1.54, 1.807) is 0 Å². The summed E-state index contributed by atoms with van der Waals surface area (Å²) < 4.78 is 18.7. The first-order valence-corrected chi connectivity index (χ1v) is 13.5. The molecule has 1 heterocycles. The van der Waals surface area contributed by atoms with Crippen LogP contribution in [0.25, 0.3) is 0 Å². The number of ketones is 1. The van der Waals surface area contributed by atoms with Crippen LogP contribution in [0, 0.1) is 17.7 Å². The van der Waals surface area contributed by atoms with Crippen molar-refractivity contribution in [1.82, 2.24) is 0 Å². The fourth-order valence-corrected chi connectivity index (χ4v) is 5.75. The summed E-state index contributed by atoms with van der Waals surface area (Å²) in [6, 6.07) is 21.0. The minimum Gasteiger partial charge on any atom is -0.450 e. The predicted octanol–water partition coefficient (Wildman–Crippen LogP) is 5.94. The normalized spacial score (nSPS) is 21.4. The summed E-state index contributed by atoms with van der Waals surface area (Å²) in [4.78, 5) is 53.4. The van der Waals surface area contributed by atoms with Crippen molar-refractivity contribution in [1.29, 1.82) is 0 Å². The van der Waals surface area contributed by atoms with E-state index in [9.17, 15) is 23.6 Å². The van der Waals surface area contributed by atoms with Gasteiger partial charge in [0.15, 0.2) is 6.10 Å². The van der Waals surface area contributed by atoms with Crippen LogP contribution in [-0.2, 0) is 14.3 Å². The number of benzene rings is 3. The van der Waals surface area contributed by atoms with E-state index in [-0.39, 0.29) is 53.0 Å². The molecule has 1 saturated carbocycles. The molecule has 2 aliphatic rings. The Labute approximate surface area is 230 Å². The van der Waals surface area contributed by atoms with Gasteiger partial charge in [0.2, 0.25) is 17.6 Å². The molecule has 4 unspecified atom stereocenters.